The number of ether oxygens (including phenoxy) is 1. The number of carboxylic acid groups (broad SMARTS) is 1. The number of hydrogen-bond donors (Lipinski definition) is 3. The van der Waals surface area contributed by atoms with Crippen LogP contribution in [0.15, 0.2) is 17.1 Å². The zero-order chi connectivity index (χ0) is 18.7. The Bertz CT molecular complexity index is 752. The zero-order valence-electron chi connectivity index (χ0n) is 14.1. The first-order valence-electron chi connectivity index (χ1n) is 8.44. The molecule has 0 aliphatic carbocycles. The van der Waals surface area contributed by atoms with Crippen LogP contribution in [-0.4, -0.2) is 52.2 Å². The van der Waals surface area contributed by atoms with Crippen LogP contribution in [0.4, 0.5) is 5.69 Å². The minimum Gasteiger partial charge on any atom is -0.492 e. The molecular weight excluding hydrogens is 362 g/mol. The standard InChI is InChI=1S/C17H20ClN3O5/c18-15-10-9-21-12(8-14(23)24)16(25)20-17(21)19-11(10)4-5-13(15)26-7-3-1-2-6-22/h4-5,12,22H,1-3,6-9H2,(H,23,24)(H,19,20,25). The molecule has 0 spiro atoms. The number of fused-ring (bicyclic) bond motifs is 2. The van der Waals surface area contributed by atoms with Gasteiger partial charge in [-0.05, 0) is 31.4 Å². The van der Waals surface area contributed by atoms with Gasteiger partial charge in [0.15, 0.2) is 0 Å². The summed E-state index contributed by atoms with van der Waals surface area (Å²) in [5.41, 5.74) is 1.33. The summed E-state index contributed by atoms with van der Waals surface area (Å²) in [7, 11) is 0. The molecule has 0 aromatic heterocycles. The summed E-state index contributed by atoms with van der Waals surface area (Å²) in [5, 5.41) is 20.8. The number of guanidine groups is 1. The summed E-state index contributed by atoms with van der Waals surface area (Å²) in [6.45, 7) is 0.934. The van der Waals surface area contributed by atoms with Gasteiger partial charge in [0.2, 0.25) is 11.9 Å². The molecule has 3 N–H and O–H groups in total. The molecule has 1 fully saturated rings. The van der Waals surface area contributed by atoms with Crippen LogP contribution in [0, 0.1) is 0 Å². The van der Waals surface area contributed by atoms with Crippen molar-refractivity contribution in [1.29, 1.82) is 0 Å². The van der Waals surface area contributed by atoms with Crippen LogP contribution in [0.3, 0.4) is 0 Å². The number of halogens is 1. The van der Waals surface area contributed by atoms with Crippen molar-refractivity contribution in [1.82, 2.24) is 10.2 Å². The summed E-state index contributed by atoms with van der Waals surface area (Å²) in [6, 6.07) is 2.70. The normalized spacial score (nSPS) is 18.1. The Hall–Kier alpha value is -2.32. The number of aliphatic hydroxyl groups is 1. The fourth-order valence-corrected chi connectivity index (χ4v) is 3.29. The largest absolute Gasteiger partial charge is 0.492 e. The average molecular weight is 382 g/mol. The predicted molar refractivity (Wildman–Crippen MR) is 94.7 cm³/mol. The third-order valence-electron chi connectivity index (χ3n) is 4.35. The number of aliphatic carboxylic acids is 1. The molecule has 1 atom stereocenters. The van der Waals surface area contributed by atoms with E-state index in [0.29, 0.717) is 34.6 Å². The van der Waals surface area contributed by atoms with Gasteiger partial charge in [-0.25, -0.2) is 4.99 Å². The Morgan fingerprint density at radius 1 is 1.38 bits per heavy atom. The number of amides is 1. The van der Waals surface area contributed by atoms with E-state index in [4.69, 9.17) is 26.6 Å². The SMILES string of the molecule is O=C(O)CC1C(=O)NC2=Nc3ccc(OCCCCCO)c(Cl)c3CN21. The van der Waals surface area contributed by atoms with Gasteiger partial charge in [0.1, 0.15) is 11.8 Å². The monoisotopic (exact) mass is 381 g/mol. The lowest BCUT2D eigenvalue weighted by atomic mass is 10.1. The van der Waals surface area contributed by atoms with Gasteiger partial charge in [-0.1, -0.05) is 11.6 Å². The van der Waals surface area contributed by atoms with E-state index in [1.807, 2.05) is 0 Å². The number of carboxylic acids is 1. The summed E-state index contributed by atoms with van der Waals surface area (Å²) in [4.78, 5) is 29.1. The molecule has 140 valence electrons. The maximum Gasteiger partial charge on any atom is 0.305 e. The zero-order valence-corrected chi connectivity index (χ0v) is 14.8. The van der Waals surface area contributed by atoms with E-state index >= 15 is 0 Å². The van der Waals surface area contributed by atoms with Gasteiger partial charge in [0, 0.05) is 12.2 Å². The molecule has 1 unspecified atom stereocenters. The van der Waals surface area contributed by atoms with Crippen molar-refractivity contribution in [3.63, 3.8) is 0 Å². The molecule has 1 aromatic rings. The lowest BCUT2D eigenvalue weighted by Crippen LogP contribution is -2.38. The maximum absolute atomic E-state index is 12.0. The molecule has 2 aliphatic rings. The van der Waals surface area contributed by atoms with Crippen molar-refractivity contribution in [3.05, 3.63) is 22.7 Å². The molecule has 9 heteroatoms. The van der Waals surface area contributed by atoms with Gasteiger partial charge in [-0.15, -0.1) is 0 Å². The third kappa shape index (κ3) is 3.76. The number of aliphatic imine (C=N–C) groups is 1. The summed E-state index contributed by atoms with van der Waals surface area (Å²) >= 11 is 6.46. The molecule has 1 aromatic carbocycles. The van der Waals surface area contributed by atoms with Crippen LogP contribution in [-0.2, 0) is 16.1 Å². The van der Waals surface area contributed by atoms with Gasteiger partial charge >= 0.3 is 5.97 Å². The van der Waals surface area contributed by atoms with E-state index < -0.39 is 12.0 Å². The molecular formula is C17H20ClN3O5. The van der Waals surface area contributed by atoms with Gasteiger partial charge < -0.3 is 19.8 Å². The first-order chi connectivity index (χ1) is 12.5. The number of aliphatic hydroxyl groups excluding tert-OH is 1. The van der Waals surface area contributed by atoms with Crippen LogP contribution in [0.1, 0.15) is 31.2 Å². The van der Waals surface area contributed by atoms with Crippen LogP contribution in [0.2, 0.25) is 5.02 Å². The molecule has 0 saturated carbocycles. The average Bonchev–Trinajstić information content (AvgIpc) is 2.89. The fraction of sp³-hybridized carbons (Fsp3) is 0.471. The summed E-state index contributed by atoms with van der Waals surface area (Å²) in [5.74, 6) is -0.553. The second-order valence-electron chi connectivity index (χ2n) is 6.17. The van der Waals surface area contributed by atoms with E-state index in [0.717, 1.165) is 19.3 Å². The van der Waals surface area contributed by atoms with Crippen molar-refractivity contribution in [2.24, 2.45) is 4.99 Å². The Morgan fingerprint density at radius 3 is 2.92 bits per heavy atom. The molecule has 1 amide bonds. The Kier molecular flexibility index (Phi) is 5.63. The van der Waals surface area contributed by atoms with Crippen LogP contribution in [0.25, 0.3) is 0 Å². The van der Waals surface area contributed by atoms with Crippen molar-refractivity contribution in [2.75, 3.05) is 13.2 Å². The first kappa shape index (κ1) is 18.5. The van der Waals surface area contributed by atoms with Crippen molar-refractivity contribution in [3.8, 4) is 5.75 Å². The number of carbonyl (C=O) groups is 2. The Labute approximate surface area is 155 Å². The van der Waals surface area contributed by atoms with Gasteiger partial charge in [0.05, 0.1) is 30.3 Å². The highest BCUT2D eigenvalue weighted by Gasteiger charge is 2.40. The highest BCUT2D eigenvalue weighted by Crippen LogP contribution is 2.39. The molecule has 8 nitrogen and oxygen atoms in total. The molecule has 0 bridgehead atoms. The topological polar surface area (TPSA) is 111 Å². The van der Waals surface area contributed by atoms with Gasteiger partial charge in [-0.3, -0.25) is 14.9 Å². The number of rotatable bonds is 8. The van der Waals surface area contributed by atoms with E-state index in [1.54, 1.807) is 17.0 Å². The molecule has 26 heavy (non-hydrogen) atoms. The van der Waals surface area contributed by atoms with Gasteiger partial charge in [0.25, 0.3) is 0 Å². The number of unbranched alkanes of at least 4 members (excludes halogenated alkanes) is 2. The van der Waals surface area contributed by atoms with Gasteiger partial charge in [-0.2, -0.15) is 0 Å². The minimum absolute atomic E-state index is 0.167. The second-order valence-corrected chi connectivity index (χ2v) is 6.55. The number of carbonyl (C=O) groups excluding carboxylic acids is 1. The molecule has 3 rings (SSSR count). The van der Waals surface area contributed by atoms with Crippen molar-refractivity contribution < 1.29 is 24.5 Å². The smallest absolute Gasteiger partial charge is 0.305 e. The number of hydrogen-bond acceptors (Lipinski definition) is 6. The van der Waals surface area contributed by atoms with E-state index in [9.17, 15) is 9.59 Å². The highest BCUT2D eigenvalue weighted by atomic mass is 35.5. The lowest BCUT2D eigenvalue weighted by Gasteiger charge is -2.28. The first-order valence-corrected chi connectivity index (χ1v) is 8.82. The Balaban J connectivity index is 1.75. The summed E-state index contributed by atoms with van der Waals surface area (Å²) in [6.07, 6.45) is 2.10. The molecule has 2 aliphatic heterocycles. The van der Waals surface area contributed by atoms with Crippen molar-refractivity contribution in [2.45, 2.75) is 38.3 Å². The third-order valence-corrected chi connectivity index (χ3v) is 4.77. The predicted octanol–water partition coefficient (Wildman–Crippen LogP) is 1.66. The van der Waals surface area contributed by atoms with Crippen LogP contribution < -0.4 is 10.1 Å². The summed E-state index contributed by atoms with van der Waals surface area (Å²) < 4.78 is 5.72. The lowest BCUT2D eigenvalue weighted by molar-refractivity contribution is -0.140. The Morgan fingerprint density at radius 2 is 2.19 bits per heavy atom. The fourth-order valence-electron chi connectivity index (χ4n) is 3.01. The van der Waals surface area contributed by atoms with E-state index in [1.165, 1.54) is 0 Å². The number of nitrogens with one attached hydrogen (secondary N) is 1. The van der Waals surface area contributed by atoms with E-state index in [-0.39, 0.29) is 25.5 Å². The molecule has 0 radical (unpaired) electrons. The van der Waals surface area contributed by atoms with E-state index in [2.05, 4.69) is 10.3 Å². The van der Waals surface area contributed by atoms with Crippen LogP contribution in [0.5, 0.6) is 5.75 Å². The minimum atomic E-state index is -1.05. The molecule has 1 saturated heterocycles. The highest BCUT2D eigenvalue weighted by molar-refractivity contribution is 6.33. The van der Waals surface area contributed by atoms with Crippen LogP contribution >= 0.6 is 11.6 Å². The van der Waals surface area contributed by atoms with Crippen molar-refractivity contribution >= 4 is 35.1 Å². The number of nitrogens with zero attached hydrogens (tertiary/aromatic N) is 2. The molecule has 2 heterocycles. The maximum atomic E-state index is 12.0. The quantitative estimate of drug-likeness (QED) is 0.590. The second kappa shape index (κ2) is 7.92. The number of benzene rings is 1.